The van der Waals surface area contributed by atoms with Crippen molar-refractivity contribution in [2.75, 3.05) is 19.0 Å². The van der Waals surface area contributed by atoms with E-state index in [-0.39, 0.29) is 5.97 Å². The summed E-state index contributed by atoms with van der Waals surface area (Å²) in [5.41, 5.74) is 3.94. The summed E-state index contributed by atoms with van der Waals surface area (Å²) < 4.78 is 10.3. The molecule has 7 heteroatoms. The number of esters is 1. The van der Waals surface area contributed by atoms with Gasteiger partial charge in [0.1, 0.15) is 12.4 Å². The number of hydrogen-bond acceptors (Lipinski definition) is 5. The highest BCUT2D eigenvalue weighted by Gasteiger charge is 2.04. The molecule has 2 N–H and O–H groups in total. The van der Waals surface area contributed by atoms with Crippen LogP contribution >= 0.6 is 0 Å². The van der Waals surface area contributed by atoms with E-state index >= 15 is 0 Å². The number of carbonyl (C=O) groups excluding carboxylic acids is 2. The van der Waals surface area contributed by atoms with Gasteiger partial charge in [0.15, 0.2) is 0 Å². The Labute approximate surface area is 164 Å². The second kappa shape index (κ2) is 12.3. The molecule has 0 saturated carbocycles. The Morgan fingerprint density at radius 2 is 1.68 bits per heavy atom. The van der Waals surface area contributed by atoms with Crippen LogP contribution in [0.1, 0.15) is 31.2 Å². The minimum Gasteiger partial charge on any atom is -0.497 e. The molecule has 0 radical (unpaired) electrons. The molecule has 0 aliphatic carbocycles. The summed E-state index contributed by atoms with van der Waals surface area (Å²) in [6.07, 6.45) is 2.63. The number of ether oxygens (including phenoxy) is 2. The van der Waals surface area contributed by atoms with Crippen molar-refractivity contribution in [3.05, 3.63) is 60.2 Å². The number of nitrogens with one attached hydrogen (secondary N) is 2. The monoisotopic (exact) mass is 386 g/mol. The Balaban J connectivity index is 1.46. The first-order valence-corrected chi connectivity index (χ1v) is 9.20. The number of anilines is 1. The highest BCUT2D eigenvalue weighted by molar-refractivity contribution is 5.88. The molecule has 0 fully saturated rings. The van der Waals surface area contributed by atoms with Crippen molar-refractivity contribution in [1.82, 2.24) is 5.48 Å². The maximum Gasteiger partial charge on any atom is 0.343 e. The Hall–Kier alpha value is -3.06. The molecule has 0 atom stereocenters. The predicted molar refractivity (Wildman–Crippen MR) is 106 cm³/mol. The number of rotatable bonds is 11. The summed E-state index contributed by atoms with van der Waals surface area (Å²) in [6.45, 7) is 0.672. The van der Waals surface area contributed by atoms with Crippen molar-refractivity contribution < 1.29 is 23.9 Å². The van der Waals surface area contributed by atoms with Gasteiger partial charge in [0.05, 0.1) is 13.7 Å². The lowest BCUT2D eigenvalue weighted by Crippen LogP contribution is -2.29. The average Bonchev–Trinajstić information content (AvgIpc) is 2.73. The largest absolute Gasteiger partial charge is 0.497 e. The van der Waals surface area contributed by atoms with E-state index in [1.807, 2.05) is 30.3 Å². The van der Waals surface area contributed by atoms with E-state index in [1.54, 1.807) is 31.4 Å². The van der Waals surface area contributed by atoms with Crippen LogP contribution < -0.4 is 15.5 Å². The summed E-state index contributed by atoms with van der Waals surface area (Å²) in [5, 5.41) is 2.65. The molecule has 0 saturated heterocycles. The van der Waals surface area contributed by atoms with Gasteiger partial charge < -0.3 is 14.8 Å². The number of benzene rings is 2. The Kier molecular flexibility index (Phi) is 9.37. The standard InChI is InChI=1S/C21H26N2O5/c1-26-19-13-11-18(12-14-19)22-21(25)23-28-15-7-3-6-10-20(24)27-16-17-8-4-2-5-9-17/h2,4-5,8-9,11-14H,3,6-7,10,15-16H2,1H3,(H2,22,23,25). The van der Waals surface area contributed by atoms with Crippen LogP contribution in [0.15, 0.2) is 54.6 Å². The maximum absolute atomic E-state index is 11.7. The summed E-state index contributed by atoms with van der Waals surface area (Å²) in [7, 11) is 1.58. The van der Waals surface area contributed by atoms with Gasteiger partial charge in [0.2, 0.25) is 0 Å². The minimum absolute atomic E-state index is 0.207. The zero-order chi connectivity index (χ0) is 20.0. The van der Waals surface area contributed by atoms with Crippen LogP contribution in [0.3, 0.4) is 0 Å². The number of urea groups is 1. The zero-order valence-electron chi connectivity index (χ0n) is 16.0. The zero-order valence-corrected chi connectivity index (χ0v) is 16.0. The second-order valence-corrected chi connectivity index (χ2v) is 6.09. The molecule has 2 aromatic rings. The fourth-order valence-electron chi connectivity index (χ4n) is 2.38. The van der Waals surface area contributed by atoms with Gasteiger partial charge in [-0.2, -0.15) is 0 Å². The molecule has 0 aromatic heterocycles. The van der Waals surface area contributed by atoms with Gasteiger partial charge in [-0.1, -0.05) is 36.8 Å². The Bertz CT molecular complexity index is 719. The average molecular weight is 386 g/mol. The molecule has 0 bridgehead atoms. The number of hydrogen-bond donors (Lipinski definition) is 2. The van der Waals surface area contributed by atoms with Crippen molar-refractivity contribution in [1.29, 1.82) is 0 Å². The molecular formula is C21H26N2O5. The summed E-state index contributed by atoms with van der Waals surface area (Å²) in [5.74, 6) is 0.507. The van der Waals surface area contributed by atoms with Crippen molar-refractivity contribution in [3.63, 3.8) is 0 Å². The number of hydroxylamine groups is 1. The van der Waals surface area contributed by atoms with Gasteiger partial charge in [-0.3, -0.25) is 9.63 Å². The third-order valence-electron chi connectivity index (χ3n) is 3.88. The van der Waals surface area contributed by atoms with Crippen LogP contribution in [-0.4, -0.2) is 25.7 Å². The molecule has 2 amide bonds. The molecule has 0 unspecified atom stereocenters. The summed E-state index contributed by atoms with van der Waals surface area (Å²) >= 11 is 0. The van der Waals surface area contributed by atoms with Crippen molar-refractivity contribution >= 4 is 17.7 Å². The lowest BCUT2D eigenvalue weighted by Gasteiger charge is -2.08. The van der Waals surface area contributed by atoms with Gasteiger partial charge in [0.25, 0.3) is 0 Å². The van der Waals surface area contributed by atoms with Gasteiger partial charge in [-0.15, -0.1) is 0 Å². The van der Waals surface area contributed by atoms with Crippen LogP contribution in [0, 0.1) is 0 Å². The van der Waals surface area contributed by atoms with E-state index in [4.69, 9.17) is 14.3 Å². The molecule has 28 heavy (non-hydrogen) atoms. The first kappa shape index (κ1) is 21.2. The topological polar surface area (TPSA) is 85.9 Å². The van der Waals surface area contributed by atoms with E-state index < -0.39 is 6.03 Å². The molecule has 2 rings (SSSR count). The Morgan fingerprint density at radius 1 is 0.929 bits per heavy atom. The number of amides is 2. The molecule has 0 spiro atoms. The second-order valence-electron chi connectivity index (χ2n) is 6.09. The van der Waals surface area contributed by atoms with Gasteiger partial charge in [-0.05, 0) is 42.7 Å². The first-order chi connectivity index (χ1) is 13.7. The minimum atomic E-state index is -0.449. The van der Waals surface area contributed by atoms with E-state index in [0.29, 0.717) is 31.1 Å². The highest BCUT2D eigenvalue weighted by atomic mass is 16.7. The van der Waals surface area contributed by atoms with Crippen LogP contribution in [0.5, 0.6) is 5.75 Å². The van der Waals surface area contributed by atoms with E-state index in [2.05, 4.69) is 10.8 Å². The molecule has 2 aromatic carbocycles. The summed E-state index contributed by atoms with van der Waals surface area (Å²) in [6, 6.07) is 16.1. The fourth-order valence-corrected chi connectivity index (χ4v) is 2.38. The molecule has 0 aliphatic rings. The molecule has 7 nitrogen and oxygen atoms in total. The third-order valence-corrected chi connectivity index (χ3v) is 3.88. The quantitative estimate of drug-likeness (QED) is 0.346. The maximum atomic E-state index is 11.7. The van der Waals surface area contributed by atoms with Crippen LogP contribution in [-0.2, 0) is 21.0 Å². The van der Waals surface area contributed by atoms with Crippen molar-refractivity contribution in [3.8, 4) is 5.75 Å². The normalized spacial score (nSPS) is 10.2. The predicted octanol–water partition coefficient (Wildman–Crippen LogP) is 4.05. The fraction of sp³-hybridized carbons (Fsp3) is 0.333. The SMILES string of the molecule is COc1ccc(NC(=O)NOCCCCCC(=O)OCc2ccccc2)cc1. The highest BCUT2D eigenvalue weighted by Crippen LogP contribution is 2.14. The van der Waals surface area contributed by atoms with Crippen LogP contribution in [0.4, 0.5) is 10.5 Å². The molecular weight excluding hydrogens is 360 g/mol. The molecule has 0 aliphatic heterocycles. The van der Waals surface area contributed by atoms with Gasteiger partial charge in [-0.25, -0.2) is 10.3 Å². The van der Waals surface area contributed by atoms with Crippen molar-refractivity contribution in [2.24, 2.45) is 0 Å². The smallest absolute Gasteiger partial charge is 0.343 e. The van der Waals surface area contributed by atoms with E-state index in [0.717, 1.165) is 24.8 Å². The molecule has 150 valence electrons. The lowest BCUT2D eigenvalue weighted by molar-refractivity contribution is -0.145. The van der Waals surface area contributed by atoms with E-state index in [1.165, 1.54) is 0 Å². The number of unbranched alkanes of at least 4 members (excludes halogenated alkanes) is 2. The van der Waals surface area contributed by atoms with Crippen LogP contribution in [0.25, 0.3) is 0 Å². The van der Waals surface area contributed by atoms with Crippen molar-refractivity contribution in [2.45, 2.75) is 32.3 Å². The van der Waals surface area contributed by atoms with Crippen LogP contribution in [0.2, 0.25) is 0 Å². The first-order valence-electron chi connectivity index (χ1n) is 9.20. The Morgan fingerprint density at radius 3 is 2.39 bits per heavy atom. The van der Waals surface area contributed by atoms with Gasteiger partial charge in [0, 0.05) is 12.1 Å². The molecule has 0 heterocycles. The number of carbonyl (C=O) groups is 2. The van der Waals surface area contributed by atoms with E-state index in [9.17, 15) is 9.59 Å². The number of methoxy groups -OCH3 is 1. The lowest BCUT2D eigenvalue weighted by atomic mass is 10.2. The summed E-state index contributed by atoms with van der Waals surface area (Å²) in [4.78, 5) is 28.5. The third kappa shape index (κ3) is 8.55. The van der Waals surface area contributed by atoms with Gasteiger partial charge >= 0.3 is 12.0 Å².